The number of aromatic hydroxyl groups is 1. The molecule has 20 heavy (non-hydrogen) atoms. The minimum atomic E-state index is -0.295. The fourth-order valence-corrected chi connectivity index (χ4v) is 1.80. The fourth-order valence-electron chi connectivity index (χ4n) is 1.80. The summed E-state index contributed by atoms with van der Waals surface area (Å²) in [5.41, 5.74) is 5.29. The van der Waals surface area contributed by atoms with Crippen molar-refractivity contribution < 1.29 is 9.90 Å². The summed E-state index contributed by atoms with van der Waals surface area (Å²) in [7, 11) is 0. The van der Waals surface area contributed by atoms with Gasteiger partial charge in [-0.25, -0.2) is 5.43 Å². The molecule has 0 spiro atoms. The Balaban J connectivity index is 2.06. The van der Waals surface area contributed by atoms with Gasteiger partial charge in [0, 0.05) is 18.0 Å². The van der Waals surface area contributed by atoms with Crippen LogP contribution in [0.5, 0.6) is 5.75 Å². The molecule has 5 heteroatoms. The first kappa shape index (κ1) is 13.7. The lowest BCUT2D eigenvalue weighted by Crippen LogP contribution is -2.17. The summed E-state index contributed by atoms with van der Waals surface area (Å²) in [6, 6.07) is 6.81. The molecule has 2 N–H and O–H groups in total. The van der Waals surface area contributed by atoms with Crippen LogP contribution in [0.4, 0.5) is 0 Å². The predicted octanol–water partition coefficient (Wildman–Crippen LogP) is 2.17. The molecule has 0 bridgehead atoms. The summed E-state index contributed by atoms with van der Waals surface area (Å²) in [4.78, 5) is 15.6. The van der Waals surface area contributed by atoms with Gasteiger partial charge in [-0.05, 0) is 54.8 Å². The van der Waals surface area contributed by atoms with Crippen LogP contribution in [-0.4, -0.2) is 22.2 Å². The Morgan fingerprint density at radius 3 is 2.45 bits per heavy atom. The first-order valence-electron chi connectivity index (χ1n) is 6.11. The van der Waals surface area contributed by atoms with Gasteiger partial charge in [-0.3, -0.25) is 9.78 Å². The van der Waals surface area contributed by atoms with E-state index in [1.807, 2.05) is 13.8 Å². The van der Waals surface area contributed by atoms with E-state index in [0.29, 0.717) is 5.56 Å². The summed E-state index contributed by atoms with van der Waals surface area (Å²) < 4.78 is 0. The normalized spacial score (nSPS) is 10.7. The SMILES string of the molecule is Cc1cc(C=NNC(=O)c2ccncc2)cc(C)c1O. The smallest absolute Gasteiger partial charge is 0.271 e. The van der Waals surface area contributed by atoms with Crippen LogP contribution >= 0.6 is 0 Å². The molecule has 2 aromatic rings. The molecule has 1 heterocycles. The van der Waals surface area contributed by atoms with Crippen LogP contribution in [0.2, 0.25) is 0 Å². The minimum absolute atomic E-state index is 0.281. The van der Waals surface area contributed by atoms with Gasteiger partial charge >= 0.3 is 0 Å². The van der Waals surface area contributed by atoms with Gasteiger partial charge in [0.25, 0.3) is 5.91 Å². The van der Waals surface area contributed by atoms with Crippen LogP contribution < -0.4 is 5.43 Å². The molecule has 0 saturated heterocycles. The van der Waals surface area contributed by atoms with Gasteiger partial charge in [-0.1, -0.05) is 0 Å². The van der Waals surface area contributed by atoms with E-state index >= 15 is 0 Å². The maximum atomic E-state index is 11.7. The molecule has 0 aliphatic heterocycles. The van der Waals surface area contributed by atoms with E-state index in [4.69, 9.17) is 0 Å². The highest BCUT2D eigenvalue weighted by Crippen LogP contribution is 2.21. The highest BCUT2D eigenvalue weighted by atomic mass is 16.3. The Morgan fingerprint density at radius 2 is 1.85 bits per heavy atom. The number of carbonyl (C=O) groups excluding carboxylic acids is 1. The summed E-state index contributed by atoms with van der Waals surface area (Å²) >= 11 is 0. The average molecular weight is 269 g/mol. The molecule has 0 saturated carbocycles. The Bertz CT molecular complexity index is 628. The van der Waals surface area contributed by atoms with Crippen LogP contribution in [0.3, 0.4) is 0 Å². The van der Waals surface area contributed by atoms with Crippen molar-refractivity contribution in [3.63, 3.8) is 0 Å². The number of nitrogens with one attached hydrogen (secondary N) is 1. The predicted molar refractivity (Wildman–Crippen MR) is 76.9 cm³/mol. The quantitative estimate of drug-likeness (QED) is 0.662. The number of phenolic OH excluding ortho intramolecular Hbond substituents is 1. The molecule has 102 valence electrons. The van der Waals surface area contributed by atoms with Crippen molar-refractivity contribution in [3.8, 4) is 5.75 Å². The molecule has 2 rings (SSSR count). The molecule has 0 unspecified atom stereocenters. The number of carbonyl (C=O) groups is 1. The number of aromatic nitrogens is 1. The number of hydrazone groups is 1. The van der Waals surface area contributed by atoms with Gasteiger partial charge in [-0.2, -0.15) is 5.10 Å². The van der Waals surface area contributed by atoms with Gasteiger partial charge in [0.2, 0.25) is 0 Å². The molecular weight excluding hydrogens is 254 g/mol. The number of pyridine rings is 1. The molecule has 1 amide bonds. The van der Waals surface area contributed by atoms with Crippen LogP contribution in [0.25, 0.3) is 0 Å². The monoisotopic (exact) mass is 269 g/mol. The van der Waals surface area contributed by atoms with Crippen molar-refractivity contribution in [1.82, 2.24) is 10.4 Å². The molecule has 0 aliphatic carbocycles. The van der Waals surface area contributed by atoms with E-state index < -0.39 is 0 Å². The van der Waals surface area contributed by atoms with Crippen molar-refractivity contribution in [2.45, 2.75) is 13.8 Å². The maximum Gasteiger partial charge on any atom is 0.271 e. The van der Waals surface area contributed by atoms with E-state index in [2.05, 4.69) is 15.5 Å². The topological polar surface area (TPSA) is 74.6 Å². The molecule has 0 aliphatic rings. The van der Waals surface area contributed by atoms with Gasteiger partial charge in [-0.15, -0.1) is 0 Å². The summed E-state index contributed by atoms with van der Waals surface area (Å²) in [5, 5.41) is 13.6. The molecule has 0 radical (unpaired) electrons. The number of hydrogen-bond acceptors (Lipinski definition) is 4. The lowest BCUT2D eigenvalue weighted by atomic mass is 10.1. The largest absolute Gasteiger partial charge is 0.507 e. The zero-order valence-corrected chi connectivity index (χ0v) is 11.3. The second-order valence-electron chi connectivity index (χ2n) is 4.44. The third kappa shape index (κ3) is 3.20. The Morgan fingerprint density at radius 1 is 1.25 bits per heavy atom. The van der Waals surface area contributed by atoms with Crippen LogP contribution in [0, 0.1) is 13.8 Å². The van der Waals surface area contributed by atoms with E-state index in [9.17, 15) is 9.90 Å². The summed E-state index contributed by atoms with van der Waals surface area (Å²) in [6.07, 6.45) is 4.63. The highest BCUT2D eigenvalue weighted by Gasteiger charge is 2.03. The number of rotatable bonds is 3. The lowest BCUT2D eigenvalue weighted by molar-refractivity contribution is 0.0955. The number of nitrogens with zero attached hydrogens (tertiary/aromatic N) is 2. The number of amides is 1. The summed E-state index contributed by atoms with van der Waals surface area (Å²) in [5.74, 6) is -0.0150. The lowest BCUT2D eigenvalue weighted by Gasteiger charge is -2.04. The number of benzene rings is 1. The first-order valence-corrected chi connectivity index (χ1v) is 6.11. The maximum absolute atomic E-state index is 11.7. The minimum Gasteiger partial charge on any atom is -0.507 e. The molecule has 5 nitrogen and oxygen atoms in total. The number of hydrogen-bond donors (Lipinski definition) is 2. The van der Waals surface area contributed by atoms with E-state index in [0.717, 1.165) is 16.7 Å². The number of phenols is 1. The molecule has 1 aromatic heterocycles. The first-order chi connectivity index (χ1) is 9.58. The molecule has 1 aromatic carbocycles. The Kier molecular flexibility index (Phi) is 4.10. The van der Waals surface area contributed by atoms with E-state index in [1.165, 1.54) is 0 Å². The third-order valence-electron chi connectivity index (χ3n) is 2.84. The average Bonchev–Trinajstić information content (AvgIpc) is 2.45. The molecule has 0 fully saturated rings. The molecule has 0 atom stereocenters. The van der Waals surface area contributed by atoms with E-state index in [-0.39, 0.29) is 11.7 Å². The van der Waals surface area contributed by atoms with Gasteiger partial charge in [0.15, 0.2) is 0 Å². The Hall–Kier alpha value is -2.69. The zero-order valence-electron chi connectivity index (χ0n) is 11.3. The number of aryl methyl sites for hydroxylation is 2. The van der Waals surface area contributed by atoms with Gasteiger partial charge in [0.1, 0.15) is 5.75 Å². The second kappa shape index (κ2) is 5.97. The van der Waals surface area contributed by atoms with Crippen molar-refractivity contribution in [3.05, 3.63) is 58.9 Å². The third-order valence-corrected chi connectivity index (χ3v) is 2.84. The van der Waals surface area contributed by atoms with Gasteiger partial charge < -0.3 is 5.11 Å². The highest BCUT2D eigenvalue weighted by molar-refractivity contribution is 5.94. The van der Waals surface area contributed by atoms with Crippen molar-refractivity contribution in [1.29, 1.82) is 0 Å². The summed E-state index contributed by atoms with van der Waals surface area (Å²) in [6.45, 7) is 3.63. The van der Waals surface area contributed by atoms with Crippen LogP contribution in [0.1, 0.15) is 27.0 Å². The van der Waals surface area contributed by atoms with Crippen LogP contribution in [0.15, 0.2) is 41.8 Å². The molecular formula is C15H15N3O2. The van der Waals surface area contributed by atoms with Crippen molar-refractivity contribution >= 4 is 12.1 Å². The standard InChI is InChI=1S/C15H15N3O2/c1-10-7-12(8-11(2)14(10)19)9-17-18-15(20)13-3-5-16-6-4-13/h3-9,19H,1-2H3,(H,18,20). The van der Waals surface area contributed by atoms with E-state index in [1.54, 1.807) is 42.9 Å². The fraction of sp³-hybridized carbons (Fsp3) is 0.133. The Labute approximate surface area is 117 Å². The van der Waals surface area contributed by atoms with Gasteiger partial charge in [0.05, 0.1) is 6.21 Å². The van der Waals surface area contributed by atoms with Crippen molar-refractivity contribution in [2.75, 3.05) is 0 Å². The van der Waals surface area contributed by atoms with Crippen LogP contribution in [-0.2, 0) is 0 Å². The second-order valence-corrected chi connectivity index (χ2v) is 4.44. The zero-order chi connectivity index (χ0) is 14.5. The van der Waals surface area contributed by atoms with Crippen molar-refractivity contribution in [2.24, 2.45) is 5.10 Å².